The van der Waals surface area contributed by atoms with Gasteiger partial charge in [-0.2, -0.15) is 0 Å². The summed E-state index contributed by atoms with van der Waals surface area (Å²) in [4.78, 5) is 11.5. The molecule has 28 heavy (non-hydrogen) atoms. The van der Waals surface area contributed by atoms with Crippen molar-refractivity contribution in [2.45, 2.75) is 45.2 Å². The predicted molar refractivity (Wildman–Crippen MR) is 118 cm³/mol. The summed E-state index contributed by atoms with van der Waals surface area (Å²) in [5, 5.41) is 9.24. The van der Waals surface area contributed by atoms with Gasteiger partial charge in [-0.3, -0.25) is 14.8 Å². The summed E-state index contributed by atoms with van der Waals surface area (Å²) in [5.41, 5.74) is 0.0359. The highest BCUT2D eigenvalue weighted by molar-refractivity contribution is 7.10. The third-order valence-electron chi connectivity index (χ3n) is 5.75. The molecule has 1 aromatic heterocycles. The number of hydrogen-bond donors (Lipinski definition) is 2. The van der Waals surface area contributed by atoms with Crippen molar-refractivity contribution < 1.29 is 4.74 Å². The lowest BCUT2D eigenvalue weighted by Gasteiger charge is -2.40. The molecular formula is C21H37N5OS. The second-order valence-electron chi connectivity index (χ2n) is 8.26. The molecule has 2 saturated heterocycles. The largest absolute Gasteiger partial charge is 0.379 e. The van der Waals surface area contributed by atoms with Gasteiger partial charge in [0.2, 0.25) is 0 Å². The Labute approximate surface area is 174 Å². The minimum absolute atomic E-state index is 0.0359. The molecule has 3 rings (SSSR count). The highest BCUT2D eigenvalue weighted by Gasteiger charge is 2.28. The summed E-state index contributed by atoms with van der Waals surface area (Å²) in [6.07, 6.45) is 2.62. The van der Waals surface area contributed by atoms with Crippen LogP contribution in [-0.2, 0) is 4.74 Å². The first-order valence-corrected chi connectivity index (χ1v) is 11.6. The Bertz CT molecular complexity index is 592. The molecule has 0 saturated carbocycles. The Balaban J connectivity index is 1.61. The molecule has 6 nitrogen and oxygen atoms in total. The monoisotopic (exact) mass is 407 g/mol. The van der Waals surface area contributed by atoms with E-state index in [1.807, 2.05) is 11.3 Å². The van der Waals surface area contributed by atoms with Crippen molar-refractivity contribution in [2.75, 3.05) is 59.0 Å². The fraction of sp³-hybridized carbons (Fsp3) is 0.762. The van der Waals surface area contributed by atoms with Gasteiger partial charge in [-0.05, 0) is 58.1 Å². The Hall–Kier alpha value is -1.15. The lowest BCUT2D eigenvalue weighted by atomic mass is 10.0. The van der Waals surface area contributed by atoms with Gasteiger partial charge >= 0.3 is 0 Å². The molecule has 2 N–H and O–H groups in total. The van der Waals surface area contributed by atoms with E-state index in [2.05, 4.69) is 58.7 Å². The maximum Gasteiger partial charge on any atom is 0.191 e. The van der Waals surface area contributed by atoms with Crippen LogP contribution in [0.2, 0.25) is 0 Å². The van der Waals surface area contributed by atoms with Crippen LogP contribution in [0.3, 0.4) is 0 Å². The smallest absolute Gasteiger partial charge is 0.191 e. The zero-order valence-corrected chi connectivity index (χ0v) is 18.6. The molecular weight excluding hydrogens is 370 g/mol. The molecule has 0 radical (unpaired) electrons. The third kappa shape index (κ3) is 5.92. The van der Waals surface area contributed by atoms with E-state index in [4.69, 9.17) is 9.73 Å². The normalized spacial score (nSPS) is 21.0. The van der Waals surface area contributed by atoms with Crippen molar-refractivity contribution in [3.63, 3.8) is 0 Å². The van der Waals surface area contributed by atoms with E-state index in [1.165, 1.54) is 30.8 Å². The highest BCUT2D eigenvalue weighted by Crippen LogP contribution is 2.27. The van der Waals surface area contributed by atoms with Gasteiger partial charge in [0, 0.05) is 36.6 Å². The number of thiophene rings is 1. The molecule has 1 atom stereocenters. The maximum absolute atomic E-state index is 5.50. The van der Waals surface area contributed by atoms with Crippen LogP contribution >= 0.6 is 11.3 Å². The summed E-state index contributed by atoms with van der Waals surface area (Å²) < 4.78 is 5.50. The number of hydrogen-bond acceptors (Lipinski definition) is 5. The molecule has 3 heterocycles. The average Bonchev–Trinajstić information content (AvgIpc) is 3.42. The summed E-state index contributed by atoms with van der Waals surface area (Å²) in [6.45, 7) is 15.2. The number of nitrogens with one attached hydrogen (secondary N) is 2. The van der Waals surface area contributed by atoms with Crippen molar-refractivity contribution in [1.29, 1.82) is 0 Å². The van der Waals surface area contributed by atoms with Gasteiger partial charge in [0.05, 0.1) is 25.8 Å². The third-order valence-corrected chi connectivity index (χ3v) is 6.72. The Morgan fingerprint density at radius 2 is 1.96 bits per heavy atom. The highest BCUT2D eigenvalue weighted by atomic mass is 32.1. The van der Waals surface area contributed by atoms with E-state index in [1.54, 1.807) is 0 Å². The van der Waals surface area contributed by atoms with E-state index in [0.717, 1.165) is 51.9 Å². The van der Waals surface area contributed by atoms with Gasteiger partial charge in [-0.1, -0.05) is 6.07 Å². The lowest BCUT2D eigenvalue weighted by Crippen LogP contribution is -2.52. The Morgan fingerprint density at radius 3 is 2.61 bits per heavy atom. The quantitative estimate of drug-likeness (QED) is 0.512. The van der Waals surface area contributed by atoms with Crippen LogP contribution in [0.15, 0.2) is 22.5 Å². The number of aliphatic imine (C=N–C) groups is 1. The van der Waals surface area contributed by atoms with Crippen LogP contribution in [0.1, 0.15) is 44.5 Å². The van der Waals surface area contributed by atoms with Gasteiger partial charge in [0.1, 0.15) is 0 Å². The zero-order chi connectivity index (χ0) is 19.8. The molecule has 0 spiro atoms. The molecule has 0 aromatic carbocycles. The van der Waals surface area contributed by atoms with Gasteiger partial charge in [0.25, 0.3) is 0 Å². The van der Waals surface area contributed by atoms with Gasteiger partial charge in [0.15, 0.2) is 5.96 Å². The van der Waals surface area contributed by atoms with Crippen molar-refractivity contribution in [3.8, 4) is 0 Å². The van der Waals surface area contributed by atoms with Crippen molar-refractivity contribution in [3.05, 3.63) is 22.4 Å². The second-order valence-corrected chi connectivity index (χ2v) is 9.24. The first-order chi connectivity index (χ1) is 13.6. The van der Waals surface area contributed by atoms with Crippen molar-refractivity contribution >= 4 is 17.3 Å². The van der Waals surface area contributed by atoms with Gasteiger partial charge in [-0.25, -0.2) is 0 Å². The molecule has 2 aliphatic rings. The molecule has 158 valence electrons. The van der Waals surface area contributed by atoms with Crippen LogP contribution in [0, 0.1) is 0 Å². The minimum atomic E-state index is 0.0359. The molecule has 2 aliphatic heterocycles. The molecule has 1 aromatic rings. The lowest BCUT2D eigenvalue weighted by molar-refractivity contribution is -0.00684. The second kappa shape index (κ2) is 10.6. The van der Waals surface area contributed by atoms with Crippen molar-refractivity contribution in [1.82, 2.24) is 20.4 Å². The number of guanidine groups is 1. The van der Waals surface area contributed by atoms with E-state index >= 15 is 0 Å². The van der Waals surface area contributed by atoms with E-state index in [0.29, 0.717) is 6.04 Å². The van der Waals surface area contributed by atoms with E-state index < -0.39 is 0 Å². The Kier molecular flexibility index (Phi) is 8.14. The number of likely N-dealkylation sites (tertiary alicyclic amines) is 1. The standard InChI is InChI=1S/C21H37N5OS/c1-4-22-20(24-17-21(2,3)26-11-13-27-14-12-26)23-16-18(19-8-7-15-28-19)25-9-5-6-10-25/h7-8,15,18H,4-6,9-14,16-17H2,1-3H3,(H2,22,23,24). The van der Waals surface area contributed by atoms with E-state index in [-0.39, 0.29) is 5.54 Å². The molecule has 2 fully saturated rings. The van der Waals surface area contributed by atoms with E-state index in [9.17, 15) is 0 Å². The summed E-state index contributed by atoms with van der Waals surface area (Å²) in [5.74, 6) is 0.921. The predicted octanol–water partition coefficient (Wildman–Crippen LogP) is 2.55. The molecule has 7 heteroatoms. The Morgan fingerprint density at radius 1 is 1.21 bits per heavy atom. The summed E-state index contributed by atoms with van der Waals surface area (Å²) >= 11 is 1.86. The minimum Gasteiger partial charge on any atom is -0.379 e. The zero-order valence-electron chi connectivity index (χ0n) is 17.7. The maximum atomic E-state index is 5.50. The first kappa shape index (κ1) is 21.6. The number of morpholine rings is 1. The molecule has 0 amide bonds. The first-order valence-electron chi connectivity index (χ1n) is 10.7. The fourth-order valence-corrected chi connectivity index (χ4v) is 4.88. The fourth-order valence-electron chi connectivity index (χ4n) is 4.02. The summed E-state index contributed by atoms with van der Waals surface area (Å²) in [7, 11) is 0. The van der Waals surface area contributed by atoms with Gasteiger partial charge < -0.3 is 15.4 Å². The van der Waals surface area contributed by atoms with Gasteiger partial charge in [-0.15, -0.1) is 11.3 Å². The van der Waals surface area contributed by atoms with Crippen LogP contribution in [0.4, 0.5) is 0 Å². The van der Waals surface area contributed by atoms with Crippen LogP contribution in [0.5, 0.6) is 0 Å². The van der Waals surface area contributed by atoms with Crippen LogP contribution in [0.25, 0.3) is 0 Å². The summed E-state index contributed by atoms with van der Waals surface area (Å²) in [6, 6.07) is 4.85. The van der Waals surface area contributed by atoms with Crippen LogP contribution < -0.4 is 10.6 Å². The SMILES string of the molecule is CCNC(=NCC(C)(C)N1CCOCC1)NCC(c1cccs1)N1CCCC1. The number of ether oxygens (including phenoxy) is 1. The average molecular weight is 408 g/mol. The van der Waals surface area contributed by atoms with Crippen molar-refractivity contribution in [2.24, 2.45) is 4.99 Å². The molecule has 0 bridgehead atoms. The van der Waals surface area contributed by atoms with Crippen LogP contribution in [-0.4, -0.2) is 80.3 Å². The number of rotatable bonds is 8. The molecule has 1 unspecified atom stereocenters. The number of nitrogens with zero attached hydrogens (tertiary/aromatic N) is 3. The topological polar surface area (TPSA) is 52.1 Å². The molecule has 0 aliphatic carbocycles.